The zero-order valence-electron chi connectivity index (χ0n) is 35.4. The van der Waals surface area contributed by atoms with Crippen molar-refractivity contribution in [1.82, 2.24) is 4.90 Å². The third kappa shape index (κ3) is 11.0. The average molecular weight is 786 g/mol. The molecule has 1 aromatic rings. The molecule has 0 radical (unpaired) electrons. The lowest BCUT2D eigenvalue weighted by atomic mass is 9.73. The Hall–Kier alpha value is -2.91. The largest absolute Gasteiger partial charge is 0.459 e. The van der Waals surface area contributed by atoms with E-state index >= 15 is 0 Å². The van der Waals surface area contributed by atoms with Gasteiger partial charge in [0.1, 0.15) is 23.7 Å². The number of Topliss-reactive ketones (excluding diaryl/α,β-unsaturated/α-hetero) is 1. The third-order valence-electron chi connectivity index (χ3n) is 11.9. The molecular weight excluding hydrogens is 718 g/mol. The minimum Gasteiger partial charge on any atom is -0.459 e. The number of esters is 1. The molecule has 2 bridgehead atoms. The summed E-state index contributed by atoms with van der Waals surface area (Å²) in [4.78, 5) is 52.5. The number of carbonyl (C=O) groups excluding carboxylic acids is 3. The smallest absolute Gasteiger partial charge is 0.316 e. The fourth-order valence-corrected chi connectivity index (χ4v) is 8.81. The van der Waals surface area contributed by atoms with Crippen LogP contribution in [0.1, 0.15) is 93.6 Å². The second-order valence-electron chi connectivity index (χ2n) is 16.9. The first-order valence-electron chi connectivity index (χ1n) is 20.3. The summed E-state index contributed by atoms with van der Waals surface area (Å²) >= 11 is 0. The minimum atomic E-state index is -1.78. The number of likely N-dealkylation sites (N-methyl/N-ethyl adjacent to an activating group) is 1. The molecule has 13 atom stereocenters. The Morgan fingerprint density at radius 2 is 1.71 bits per heavy atom. The number of hydrogen-bond donors (Lipinski definition) is 2. The number of benzene rings is 1. The summed E-state index contributed by atoms with van der Waals surface area (Å²) in [6.45, 7) is 15.9. The van der Waals surface area contributed by atoms with Gasteiger partial charge in [-0.25, -0.2) is 4.99 Å². The first kappa shape index (κ1) is 45.8. The number of aliphatic hydroxyl groups excluding tert-OH is 1. The molecule has 3 heterocycles. The second-order valence-corrected chi connectivity index (χ2v) is 16.9. The van der Waals surface area contributed by atoms with Crippen molar-refractivity contribution in [2.45, 2.75) is 148 Å². The van der Waals surface area contributed by atoms with Gasteiger partial charge < -0.3 is 38.8 Å². The highest BCUT2D eigenvalue weighted by Gasteiger charge is 2.53. The van der Waals surface area contributed by atoms with E-state index in [1.54, 1.807) is 20.8 Å². The van der Waals surface area contributed by atoms with Gasteiger partial charge in [-0.15, -0.1) is 0 Å². The number of nitrogens with zero attached hydrogens (tertiary/aromatic N) is 3. The fraction of sp³-hybridized carbons (Fsp3) is 0.744. The Kier molecular flexibility index (Phi) is 16.1. The van der Waals surface area contributed by atoms with E-state index in [0.29, 0.717) is 24.4 Å². The van der Waals surface area contributed by atoms with Crippen LogP contribution in [0.2, 0.25) is 0 Å². The number of carbonyl (C=O) groups is 3. The van der Waals surface area contributed by atoms with E-state index in [0.717, 1.165) is 12.8 Å². The molecule has 13 nitrogen and oxygen atoms in total. The number of aliphatic imine (C=N–C) groups is 2. The second kappa shape index (κ2) is 19.7. The maximum Gasteiger partial charge on any atom is 0.316 e. The van der Waals surface area contributed by atoms with Gasteiger partial charge in [-0.2, -0.15) is 0 Å². The molecule has 0 aliphatic carbocycles. The lowest BCUT2D eigenvalue weighted by Crippen LogP contribution is -2.60. The Balaban J connectivity index is 1.91. The molecule has 0 saturated carbocycles. The minimum absolute atomic E-state index is 0.00918. The molecule has 1 amide bonds. The van der Waals surface area contributed by atoms with Gasteiger partial charge in [0.25, 0.3) is 0 Å². The van der Waals surface area contributed by atoms with E-state index in [1.165, 1.54) is 19.4 Å². The fourth-order valence-electron chi connectivity index (χ4n) is 8.81. The molecule has 4 rings (SSSR count). The molecule has 3 fully saturated rings. The van der Waals surface area contributed by atoms with E-state index in [4.69, 9.17) is 28.7 Å². The van der Waals surface area contributed by atoms with E-state index in [1.807, 2.05) is 64.9 Å². The average Bonchev–Trinajstić information content (AvgIpc) is 3.16. The van der Waals surface area contributed by atoms with Crippen LogP contribution in [0.15, 0.2) is 40.3 Å². The van der Waals surface area contributed by atoms with Crippen molar-refractivity contribution in [3.8, 4) is 0 Å². The van der Waals surface area contributed by atoms with Crippen molar-refractivity contribution in [1.29, 1.82) is 0 Å². The van der Waals surface area contributed by atoms with E-state index in [-0.39, 0.29) is 38.2 Å². The first-order chi connectivity index (χ1) is 26.3. The molecule has 0 spiro atoms. The number of ether oxygens (including phenoxy) is 5. The van der Waals surface area contributed by atoms with Gasteiger partial charge in [-0.1, -0.05) is 58.0 Å². The normalized spacial score (nSPS) is 39.5. The van der Waals surface area contributed by atoms with Crippen LogP contribution in [0.4, 0.5) is 0 Å². The molecule has 3 aliphatic rings. The van der Waals surface area contributed by atoms with Crippen molar-refractivity contribution >= 4 is 29.1 Å². The lowest BCUT2D eigenvalue weighted by molar-refractivity contribution is -0.296. The molecule has 3 aliphatic heterocycles. The summed E-state index contributed by atoms with van der Waals surface area (Å²) in [5.41, 5.74) is -0.868. The third-order valence-corrected chi connectivity index (χ3v) is 11.9. The molecule has 56 heavy (non-hydrogen) atoms. The number of hydrogen-bond acceptors (Lipinski definition) is 12. The summed E-state index contributed by atoms with van der Waals surface area (Å²) in [6.07, 6.45) is -3.08. The van der Waals surface area contributed by atoms with Crippen molar-refractivity contribution in [2.75, 3.05) is 33.9 Å². The highest BCUT2D eigenvalue weighted by Crippen LogP contribution is 2.40. The number of fused-ring (bicyclic) bond motifs is 5. The van der Waals surface area contributed by atoms with E-state index in [9.17, 15) is 24.6 Å². The molecule has 0 aromatic heterocycles. The number of cyclic esters (lactones) is 1. The Morgan fingerprint density at radius 3 is 2.34 bits per heavy atom. The molecule has 1 unspecified atom stereocenters. The molecule has 2 N–H and O–H groups in total. The standard InChI is InChI=1S/C43H67N3O10/c1-12-34-43(9,51)39-27(4)35(45-30(7)47)25(2)22-42(8,53-24-32(23-52-39)44-20-16-19-31-17-14-13-15-18-31)38(28(5)36(48)29(6)40(50)55-34)56-41-37(49)33(46(10)11)21-26(3)54-41/h13-15,17-18,25-29,33-34,37-39,41,49,51H,12,16,19-24H2,1-11H3/t25-,26-,27+,28+,29-,33+,34-,37-,38-,39?,41+,42-,43-/m1/s1. The predicted octanol–water partition coefficient (Wildman–Crippen LogP) is 4.62. The van der Waals surface area contributed by atoms with Gasteiger partial charge in [-0.05, 0) is 85.4 Å². The highest BCUT2D eigenvalue weighted by molar-refractivity contribution is 6.00. The summed E-state index contributed by atoms with van der Waals surface area (Å²) in [5, 5.41) is 24.0. The first-order valence-corrected chi connectivity index (χ1v) is 20.3. The number of ketones is 1. The van der Waals surface area contributed by atoms with Crippen LogP contribution in [0.25, 0.3) is 0 Å². The van der Waals surface area contributed by atoms with Crippen molar-refractivity contribution in [2.24, 2.45) is 33.7 Å². The number of rotatable bonds is 8. The van der Waals surface area contributed by atoms with Crippen molar-refractivity contribution in [3.63, 3.8) is 0 Å². The van der Waals surface area contributed by atoms with Crippen LogP contribution in [0, 0.1) is 23.7 Å². The molecule has 1 aromatic carbocycles. The quantitative estimate of drug-likeness (QED) is 0.215. The molecular formula is C43H67N3O10. The highest BCUT2D eigenvalue weighted by atomic mass is 16.7. The predicted molar refractivity (Wildman–Crippen MR) is 214 cm³/mol. The zero-order valence-corrected chi connectivity index (χ0v) is 35.4. The number of aliphatic hydroxyl groups is 2. The van der Waals surface area contributed by atoms with Gasteiger partial charge in [0.2, 0.25) is 5.91 Å². The topological polar surface area (TPSA) is 166 Å². The summed E-state index contributed by atoms with van der Waals surface area (Å²) in [6, 6.07) is 9.86. The van der Waals surface area contributed by atoms with Gasteiger partial charge in [-0.3, -0.25) is 19.4 Å². The van der Waals surface area contributed by atoms with Gasteiger partial charge in [0.15, 0.2) is 12.1 Å². The van der Waals surface area contributed by atoms with Crippen LogP contribution < -0.4 is 0 Å². The van der Waals surface area contributed by atoms with Crippen LogP contribution in [0.3, 0.4) is 0 Å². The molecule has 3 saturated heterocycles. The van der Waals surface area contributed by atoms with Gasteiger partial charge in [0.05, 0.1) is 42.8 Å². The van der Waals surface area contributed by atoms with Gasteiger partial charge >= 0.3 is 5.97 Å². The van der Waals surface area contributed by atoms with Crippen molar-refractivity contribution < 1.29 is 48.3 Å². The number of aryl methyl sites for hydroxylation is 1. The summed E-state index contributed by atoms with van der Waals surface area (Å²) in [5.74, 6) is -5.00. The summed E-state index contributed by atoms with van der Waals surface area (Å²) in [7, 11) is 3.77. The van der Waals surface area contributed by atoms with E-state index < -0.39 is 83.2 Å². The maximum atomic E-state index is 14.5. The monoisotopic (exact) mass is 785 g/mol. The zero-order chi connectivity index (χ0) is 41.5. The van der Waals surface area contributed by atoms with Crippen LogP contribution in [-0.2, 0) is 44.5 Å². The van der Waals surface area contributed by atoms with Crippen LogP contribution >= 0.6 is 0 Å². The van der Waals surface area contributed by atoms with Gasteiger partial charge in [0, 0.05) is 37.1 Å². The Morgan fingerprint density at radius 1 is 1.04 bits per heavy atom. The summed E-state index contributed by atoms with van der Waals surface area (Å²) < 4.78 is 32.6. The maximum absolute atomic E-state index is 14.5. The van der Waals surface area contributed by atoms with Crippen molar-refractivity contribution in [3.05, 3.63) is 35.9 Å². The van der Waals surface area contributed by atoms with Crippen LogP contribution in [-0.4, -0.2) is 132 Å². The van der Waals surface area contributed by atoms with E-state index in [2.05, 4.69) is 17.1 Å². The number of amides is 1. The molecule has 314 valence electrons. The Labute approximate surface area is 333 Å². The lowest BCUT2D eigenvalue weighted by Gasteiger charge is -2.47. The molecule has 13 heteroatoms. The SMILES string of the molecule is CC[C@H]1OC(=O)[C@H](C)C(=O)[C@H](C)[C@@H](O[C@@H]2O[C@H](C)C[C@H](N(C)C)[C@H]2O)[C@@]2(C)C[C@@H](C)C(=NC(C)=O)[C@H](C)C(OCC(=NCCCc3ccccc3)CO2)[C@]1(C)O. The Bertz CT molecular complexity index is 1550. The van der Waals surface area contributed by atoms with Crippen LogP contribution in [0.5, 0.6) is 0 Å².